The summed E-state index contributed by atoms with van der Waals surface area (Å²) in [6.45, 7) is 21.7. The Balaban J connectivity index is 1.14. The quantitative estimate of drug-likeness (QED) is 0.187. The molecule has 71 heavy (non-hydrogen) atoms. The lowest BCUT2D eigenvalue weighted by Gasteiger charge is -2.65. The van der Waals surface area contributed by atoms with Crippen LogP contribution in [0.5, 0.6) is 0 Å². The Kier molecular flexibility index (Phi) is 10.1. The number of aliphatic hydroxyl groups excluding tert-OH is 1. The van der Waals surface area contributed by atoms with Crippen LogP contribution in [0.1, 0.15) is 115 Å². The van der Waals surface area contributed by atoms with Crippen LogP contribution in [0, 0.1) is 87.3 Å². The molecule has 0 aromatic rings. The maximum atomic E-state index is 17.3. The van der Waals surface area contributed by atoms with Crippen LogP contribution in [0.25, 0.3) is 0 Å². The number of ether oxygens (including phenoxy) is 3. The van der Waals surface area contributed by atoms with E-state index in [1.807, 2.05) is 65.8 Å². The van der Waals surface area contributed by atoms with Crippen LogP contribution in [-0.4, -0.2) is 104 Å². The van der Waals surface area contributed by atoms with Crippen molar-refractivity contribution in [3.8, 4) is 0 Å². The molecule has 6 bridgehead atoms. The molecule has 7 fully saturated rings. The van der Waals surface area contributed by atoms with Crippen molar-refractivity contribution in [1.82, 2.24) is 10.6 Å². The Morgan fingerprint density at radius 2 is 1.23 bits per heavy atom. The Hall–Kier alpha value is -3.92. The molecule has 6 aliphatic carbocycles. The standard InChI is InChI=1S/C57H72N2O12/c1-22(2)16-33-38-28(9)26(7)20-31-19-25(6)13-15-36(61)56(68)41-37(47(63)52(31,38)50(65)58-33)45-40-30(11)46(62)55(67)42-43-48(64)53-32(21-27(8)29(10)39(53)34(17-23(3)4)59-51(53)66)18-24(5)12-14-35(60)44(42)70-57(55,71-56)54(40,43)49(41)69-45/h18-23,28-29,31-34,36-39,41-45,49,61,67-68H,12-17H2,1-11H3,(H,58,65)(H,59,66)/t28-,29-,31+,32+,33+,34+,36-,37+,38+,39+,41+,42-,43-,44+,45+,49-,52+,53+,54+,55+,56+,57+/m1/s1. The lowest BCUT2D eigenvalue weighted by molar-refractivity contribution is -0.465. The van der Waals surface area contributed by atoms with Gasteiger partial charge in [0.25, 0.3) is 0 Å². The highest BCUT2D eigenvalue weighted by Crippen LogP contribution is 2.85. The summed E-state index contributed by atoms with van der Waals surface area (Å²) in [6, 6.07) is -0.816. The molecule has 22 atom stereocenters. The van der Waals surface area contributed by atoms with Gasteiger partial charge in [0, 0.05) is 54.0 Å². The van der Waals surface area contributed by atoms with Crippen molar-refractivity contribution in [3.05, 3.63) is 57.7 Å². The predicted octanol–water partition coefficient (Wildman–Crippen LogP) is 4.94. The number of hydrogen-bond acceptors (Lipinski definition) is 12. The molecule has 6 saturated heterocycles. The zero-order valence-corrected chi connectivity index (χ0v) is 43.0. The highest BCUT2D eigenvalue weighted by atomic mass is 16.8. The molecule has 12 rings (SSSR count). The molecule has 5 N–H and O–H groups in total. The Bertz CT molecular complexity index is 2700. The second-order valence-corrected chi connectivity index (χ2v) is 25.5. The van der Waals surface area contributed by atoms with Crippen LogP contribution >= 0.6 is 0 Å². The number of carbonyl (C=O) groups is 6. The number of nitrogens with one attached hydrogen (secondary N) is 2. The van der Waals surface area contributed by atoms with E-state index < -0.39 is 146 Å². The van der Waals surface area contributed by atoms with Crippen LogP contribution in [0.2, 0.25) is 0 Å². The molecule has 6 aliphatic heterocycles. The summed E-state index contributed by atoms with van der Waals surface area (Å²) < 4.78 is 21.4. The van der Waals surface area contributed by atoms with Crippen molar-refractivity contribution in [3.63, 3.8) is 0 Å². The molecular weight excluding hydrogens is 905 g/mol. The molecule has 4 spiro atoms. The minimum Gasteiger partial charge on any atom is -0.387 e. The number of hydrogen-bond donors (Lipinski definition) is 5. The van der Waals surface area contributed by atoms with Gasteiger partial charge in [0.1, 0.15) is 23.0 Å². The van der Waals surface area contributed by atoms with Gasteiger partial charge >= 0.3 is 0 Å². The van der Waals surface area contributed by atoms with Crippen LogP contribution in [0.3, 0.4) is 0 Å². The van der Waals surface area contributed by atoms with Gasteiger partial charge in [-0.1, -0.05) is 88.1 Å². The minimum absolute atomic E-state index is 0.0279. The van der Waals surface area contributed by atoms with Crippen molar-refractivity contribution in [2.45, 2.75) is 168 Å². The number of Topliss-reactive ketones (excluding diaryl/α,β-unsaturated/α-hetero) is 4. The summed E-state index contributed by atoms with van der Waals surface area (Å²) in [7, 11) is 0. The topological polar surface area (TPSA) is 215 Å². The third kappa shape index (κ3) is 5.17. The Morgan fingerprint density at radius 1 is 0.690 bits per heavy atom. The Labute approximate surface area is 415 Å². The van der Waals surface area contributed by atoms with E-state index in [2.05, 4.69) is 38.3 Å². The molecule has 12 aliphatic rings. The minimum atomic E-state index is -2.81. The van der Waals surface area contributed by atoms with Crippen LogP contribution in [0.15, 0.2) is 57.7 Å². The number of amides is 2. The molecule has 0 radical (unpaired) electrons. The predicted molar refractivity (Wildman–Crippen MR) is 256 cm³/mol. The molecule has 14 nitrogen and oxygen atoms in total. The second kappa shape index (κ2) is 14.9. The van der Waals surface area contributed by atoms with Gasteiger partial charge < -0.3 is 40.2 Å². The van der Waals surface area contributed by atoms with Crippen molar-refractivity contribution >= 4 is 34.9 Å². The summed E-state index contributed by atoms with van der Waals surface area (Å²) in [5.74, 6) is -17.7. The zero-order valence-electron chi connectivity index (χ0n) is 43.0. The number of fused-ring (bicyclic) bond motifs is 3. The van der Waals surface area contributed by atoms with Gasteiger partial charge in [0.2, 0.25) is 23.4 Å². The molecule has 6 heterocycles. The van der Waals surface area contributed by atoms with E-state index >= 15 is 24.0 Å². The van der Waals surface area contributed by atoms with Gasteiger partial charge in [0.05, 0.1) is 29.5 Å². The fraction of sp³-hybridized carbons (Fsp3) is 0.719. The lowest BCUT2D eigenvalue weighted by Crippen LogP contribution is -2.81. The van der Waals surface area contributed by atoms with Crippen LogP contribution in [-0.2, 0) is 43.0 Å². The molecule has 14 heteroatoms. The van der Waals surface area contributed by atoms with Gasteiger partial charge in [-0.3, -0.25) is 28.8 Å². The van der Waals surface area contributed by atoms with E-state index in [1.165, 1.54) is 0 Å². The van der Waals surface area contributed by atoms with E-state index in [0.717, 1.165) is 22.3 Å². The summed E-state index contributed by atoms with van der Waals surface area (Å²) in [6.07, 6.45) is 3.14. The van der Waals surface area contributed by atoms with Gasteiger partial charge in [-0.15, -0.1) is 0 Å². The molecule has 0 aromatic heterocycles. The number of allylic oxidation sites excluding steroid dienone is 8. The van der Waals surface area contributed by atoms with Gasteiger partial charge in [-0.25, -0.2) is 0 Å². The second-order valence-electron chi connectivity index (χ2n) is 25.5. The van der Waals surface area contributed by atoms with E-state index in [1.54, 1.807) is 6.92 Å². The molecular formula is C57H72N2O12. The number of aliphatic hydroxyl groups is 3. The number of ketones is 4. The first kappa shape index (κ1) is 48.0. The average Bonchev–Trinajstić information content (AvgIpc) is 4.09. The first-order valence-corrected chi connectivity index (χ1v) is 26.7. The van der Waals surface area contributed by atoms with Crippen molar-refractivity contribution in [2.24, 2.45) is 87.3 Å². The van der Waals surface area contributed by atoms with Crippen molar-refractivity contribution < 1.29 is 58.3 Å². The van der Waals surface area contributed by atoms with Crippen LogP contribution in [0.4, 0.5) is 0 Å². The first-order chi connectivity index (χ1) is 33.3. The average molecular weight is 977 g/mol. The zero-order chi connectivity index (χ0) is 50.9. The largest absolute Gasteiger partial charge is 0.387 e. The molecule has 382 valence electrons. The van der Waals surface area contributed by atoms with Gasteiger partial charge in [0.15, 0.2) is 28.7 Å². The van der Waals surface area contributed by atoms with Crippen molar-refractivity contribution in [2.75, 3.05) is 0 Å². The molecule has 1 saturated carbocycles. The van der Waals surface area contributed by atoms with E-state index in [-0.39, 0.29) is 66.5 Å². The SMILES string of the molecule is CC1=C[C@H]2C=C(C)[C@@H](C)[C@H]3[C@H](CC(C)C)NC(=O)[C@@]23C(=O)[C@H]2[C@@H]3[C@@H](O[C@]45O[C@]6(O)[C@H]7[C@H](C(=O)[C@@]89C(=O)N[C@@H](CC(C)C)[C@@H]8[C@H](C)C(C)=C[C@@H]9C=C(C)CC[C@H]6O)[C@@H]6O[C@H]7[C@]24C6=C(C)C(=O)[C@@]35O)C(=O)CC1. The summed E-state index contributed by atoms with van der Waals surface area (Å²) in [4.78, 5) is 95.8. The monoisotopic (exact) mass is 977 g/mol. The lowest BCUT2D eigenvalue weighted by atomic mass is 9.44. The highest BCUT2D eigenvalue weighted by Gasteiger charge is 3.00. The molecule has 0 aromatic carbocycles. The van der Waals surface area contributed by atoms with E-state index in [0.29, 0.717) is 12.8 Å². The molecule has 2 amide bonds. The van der Waals surface area contributed by atoms with Crippen LogP contribution < -0.4 is 10.6 Å². The Morgan fingerprint density at radius 3 is 1.77 bits per heavy atom. The fourth-order valence-electron chi connectivity index (χ4n) is 18.6. The third-order valence-electron chi connectivity index (χ3n) is 21.3. The normalized spacial score (nSPS) is 52.2. The summed E-state index contributed by atoms with van der Waals surface area (Å²) in [5.41, 5.74) is -4.49. The first-order valence-electron chi connectivity index (χ1n) is 26.7. The maximum absolute atomic E-state index is 17.3. The highest BCUT2D eigenvalue weighted by molar-refractivity contribution is 6.16. The number of carbonyl (C=O) groups excluding carboxylic acids is 6. The summed E-state index contributed by atoms with van der Waals surface area (Å²) >= 11 is 0. The smallest absolute Gasteiger partial charge is 0.235 e. The third-order valence-corrected chi connectivity index (χ3v) is 21.3. The summed E-state index contributed by atoms with van der Waals surface area (Å²) in [5, 5.41) is 47.0. The number of rotatable bonds is 4. The molecule has 0 unspecified atom stereocenters. The van der Waals surface area contributed by atoms with Gasteiger partial charge in [-0.05, 0) is 102 Å². The maximum Gasteiger partial charge on any atom is 0.235 e. The van der Waals surface area contributed by atoms with Gasteiger partial charge in [-0.2, -0.15) is 0 Å². The van der Waals surface area contributed by atoms with E-state index in [9.17, 15) is 20.1 Å². The fourth-order valence-corrected chi connectivity index (χ4v) is 18.6. The van der Waals surface area contributed by atoms with Crippen molar-refractivity contribution in [1.29, 1.82) is 0 Å². The van der Waals surface area contributed by atoms with E-state index in [4.69, 9.17) is 14.2 Å².